The van der Waals surface area contributed by atoms with Crippen molar-refractivity contribution in [3.63, 3.8) is 0 Å². The van der Waals surface area contributed by atoms with Crippen LogP contribution in [-0.2, 0) is 14.3 Å². The molecular weight excluding hydrogens is 260 g/mol. The van der Waals surface area contributed by atoms with Gasteiger partial charge in [-0.15, -0.1) is 0 Å². The second-order valence-corrected chi connectivity index (χ2v) is 7.89. The molecule has 0 aliphatic heterocycles. The molecule has 1 aliphatic carbocycles. The summed E-state index contributed by atoms with van der Waals surface area (Å²) in [5.41, 5.74) is 1.18. The topological polar surface area (TPSA) is 43.4 Å². The standard InChI is InChI=1S/C15H22O3S/c1-11-5-7-14(8-6-11)19(16,17)18-13-9-12(2)15(3,4)10-13/h5-8,12-13H,9-10H2,1-4H3/t12?,13-/m0/s1. The van der Waals surface area contributed by atoms with E-state index in [1.165, 1.54) is 0 Å². The van der Waals surface area contributed by atoms with Crippen molar-refractivity contribution in [3.05, 3.63) is 29.8 Å². The highest BCUT2D eigenvalue weighted by molar-refractivity contribution is 7.86. The third-order valence-electron chi connectivity index (χ3n) is 4.28. The number of benzene rings is 1. The van der Waals surface area contributed by atoms with E-state index in [4.69, 9.17) is 4.18 Å². The summed E-state index contributed by atoms with van der Waals surface area (Å²) in [7, 11) is -3.63. The first-order chi connectivity index (χ1) is 8.71. The fraction of sp³-hybridized carbons (Fsp3) is 0.600. The molecule has 0 aromatic heterocycles. The average Bonchev–Trinajstić information content (AvgIpc) is 2.51. The van der Waals surface area contributed by atoms with Gasteiger partial charge in [0.15, 0.2) is 0 Å². The fourth-order valence-corrected chi connectivity index (χ4v) is 3.68. The number of hydrogen-bond donors (Lipinski definition) is 0. The molecule has 0 bridgehead atoms. The summed E-state index contributed by atoms with van der Waals surface area (Å²) in [6.07, 6.45) is 1.40. The first kappa shape index (κ1) is 14.5. The minimum Gasteiger partial charge on any atom is -0.263 e. The van der Waals surface area contributed by atoms with Crippen molar-refractivity contribution in [1.82, 2.24) is 0 Å². The van der Waals surface area contributed by atoms with Gasteiger partial charge in [-0.2, -0.15) is 8.42 Å². The van der Waals surface area contributed by atoms with E-state index in [1.54, 1.807) is 24.3 Å². The third kappa shape index (κ3) is 3.18. The maximum absolute atomic E-state index is 12.2. The predicted molar refractivity (Wildman–Crippen MR) is 75.4 cm³/mol. The molecule has 3 nitrogen and oxygen atoms in total. The lowest BCUT2D eigenvalue weighted by atomic mass is 9.83. The van der Waals surface area contributed by atoms with E-state index < -0.39 is 10.1 Å². The van der Waals surface area contributed by atoms with Gasteiger partial charge >= 0.3 is 0 Å². The summed E-state index contributed by atoms with van der Waals surface area (Å²) in [5, 5.41) is 0. The molecule has 0 spiro atoms. The largest absolute Gasteiger partial charge is 0.297 e. The second-order valence-electron chi connectivity index (χ2n) is 6.31. The zero-order chi connectivity index (χ0) is 14.3. The van der Waals surface area contributed by atoms with E-state index in [0.29, 0.717) is 5.92 Å². The Labute approximate surface area is 116 Å². The van der Waals surface area contributed by atoms with E-state index in [9.17, 15) is 8.42 Å². The highest BCUT2D eigenvalue weighted by atomic mass is 32.2. The zero-order valence-electron chi connectivity index (χ0n) is 12.0. The van der Waals surface area contributed by atoms with Gasteiger partial charge in [-0.05, 0) is 43.2 Å². The third-order valence-corrected chi connectivity index (χ3v) is 5.65. The molecule has 4 heteroatoms. The van der Waals surface area contributed by atoms with Gasteiger partial charge in [-0.1, -0.05) is 38.5 Å². The van der Waals surface area contributed by atoms with Crippen LogP contribution in [0.2, 0.25) is 0 Å². The lowest BCUT2D eigenvalue weighted by molar-refractivity contribution is 0.200. The Morgan fingerprint density at radius 2 is 1.79 bits per heavy atom. The first-order valence-corrected chi connectivity index (χ1v) is 8.11. The van der Waals surface area contributed by atoms with Crippen LogP contribution in [0.4, 0.5) is 0 Å². The van der Waals surface area contributed by atoms with Gasteiger partial charge < -0.3 is 0 Å². The highest BCUT2D eigenvalue weighted by Gasteiger charge is 2.40. The molecule has 1 unspecified atom stereocenters. The van der Waals surface area contributed by atoms with Crippen LogP contribution in [0.5, 0.6) is 0 Å². The van der Waals surface area contributed by atoms with Crippen molar-refractivity contribution in [1.29, 1.82) is 0 Å². The van der Waals surface area contributed by atoms with E-state index in [-0.39, 0.29) is 16.4 Å². The quantitative estimate of drug-likeness (QED) is 0.797. The van der Waals surface area contributed by atoms with Crippen molar-refractivity contribution in [3.8, 4) is 0 Å². The number of hydrogen-bond acceptors (Lipinski definition) is 3. The van der Waals surface area contributed by atoms with E-state index >= 15 is 0 Å². The van der Waals surface area contributed by atoms with Crippen molar-refractivity contribution in [2.75, 3.05) is 0 Å². The van der Waals surface area contributed by atoms with Gasteiger partial charge in [0.25, 0.3) is 10.1 Å². The average molecular weight is 282 g/mol. The van der Waals surface area contributed by atoms with Crippen LogP contribution in [0.1, 0.15) is 39.2 Å². The van der Waals surface area contributed by atoms with Gasteiger partial charge in [-0.25, -0.2) is 0 Å². The molecule has 1 fully saturated rings. The summed E-state index contributed by atoms with van der Waals surface area (Å²) in [4.78, 5) is 0.246. The molecule has 1 aromatic carbocycles. The molecule has 2 rings (SSSR count). The van der Waals surface area contributed by atoms with Crippen molar-refractivity contribution >= 4 is 10.1 Å². The van der Waals surface area contributed by atoms with Crippen molar-refractivity contribution in [2.24, 2.45) is 11.3 Å². The van der Waals surface area contributed by atoms with Crippen LogP contribution in [0.15, 0.2) is 29.2 Å². The first-order valence-electron chi connectivity index (χ1n) is 6.71. The predicted octanol–water partition coefficient (Wildman–Crippen LogP) is 3.53. The zero-order valence-corrected chi connectivity index (χ0v) is 12.8. The molecule has 1 aliphatic rings. The maximum Gasteiger partial charge on any atom is 0.297 e. The monoisotopic (exact) mass is 282 g/mol. The lowest BCUT2D eigenvalue weighted by Crippen LogP contribution is -2.17. The molecule has 0 amide bonds. The number of rotatable bonds is 3. The SMILES string of the molecule is Cc1ccc(S(=O)(=O)O[C@H]2CC(C)C(C)(C)C2)cc1. The molecule has 0 radical (unpaired) electrons. The van der Waals surface area contributed by atoms with Crippen LogP contribution < -0.4 is 0 Å². The Hall–Kier alpha value is -0.870. The van der Waals surface area contributed by atoms with Crippen LogP contribution >= 0.6 is 0 Å². The molecule has 19 heavy (non-hydrogen) atoms. The fourth-order valence-electron chi connectivity index (χ4n) is 2.60. The highest BCUT2D eigenvalue weighted by Crippen LogP contribution is 2.44. The maximum atomic E-state index is 12.2. The smallest absolute Gasteiger partial charge is 0.263 e. The summed E-state index contributed by atoms with van der Waals surface area (Å²) in [6, 6.07) is 6.79. The van der Waals surface area contributed by atoms with Crippen LogP contribution in [0, 0.1) is 18.3 Å². The van der Waals surface area contributed by atoms with Crippen molar-refractivity contribution in [2.45, 2.75) is 51.5 Å². The molecule has 1 saturated carbocycles. The van der Waals surface area contributed by atoms with Gasteiger partial charge in [0, 0.05) is 0 Å². The summed E-state index contributed by atoms with van der Waals surface area (Å²) >= 11 is 0. The minimum atomic E-state index is -3.63. The van der Waals surface area contributed by atoms with E-state index in [2.05, 4.69) is 20.8 Å². The van der Waals surface area contributed by atoms with Gasteiger partial charge in [0.05, 0.1) is 11.0 Å². The molecule has 2 atom stereocenters. The Morgan fingerprint density at radius 1 is 1.21 bits per heavy atom. The second kappa shape index (κ2) is 4.91. The van der Waals surface area contributed by atoms with Crippen LogP contribution in [0.25, 0.3) is 0 Å². The van der Waals surface area contributed by atoms with Gasteiger partial charge in [0.2, 0.25) is 0 Å². The summed E-state index contributed by atoms with van der Waals surface area (Å²) in [6.45, 7) is 8.42. The summed E-state index contributed by atoms with van der Waals surface area (Å²) < 4.78 is 29.8. The summed E-state index contributed by atoms with van der Waals surface area (Å²) in [5.74, 6) is 0.478. The Bertz CT molecular complexity index is 543. The number of aryl methyl sites for hydroxylation is 1. The molecule has 1 aromatic rings. The van der Waals surface area contributed by atoms with E-state index in [1.807, 2.05) is 6.92 Å². The molecule has 0 heterocycles. The Kier molecular flexibility index (Phi) is 3.76. The minimum absolute atomic E-state index is 0.146. The molecule has 0 N–H and O–H groups in total. The Balaban J connectivity index is 2.13. The molecule has 0 saturated heterocycles. The normalized spacial score (nSPS) is 26.5. The Morgan fingerprint density at radius 3 is 2.26 bits per heavy atom. The van der Waals surface area contributed by atoms with E-state index in [0.717, 1.165) is 18.4 Å². The molecular formula is C15H22O3S. The van der Waals surface area contributed by atoms with Crippen LogP contribution in [0.3, 0.4) is 0 Å². The lowest BCUT2D eigenvalue weighted by Gasteiger charge is -2.22. The van der Waals surface area contributed by atoms with Crippen LogP contribution in [-0.4, -0.2) is 14.5 Å². The van der Waals surface area contributed by atoms with Gasteiger partial charge in [0.1, 0.15) is 0 Å². The van der Waals surface area contributed by atoms with Crippen molar-refractivity contribution < 1.29 is 12.6 Å². The van der Waals surface area contributed by atoms with Gasteiger partial charge in [-0.3, -0.25) is 4.18 Å². The molecule has 106 valence electrons.